The van der Waals surface area contributed by atoms with Crippen LogP contribution in [-0.4, -0.2) is 46.1 Å². The zero-order valence-corrected chi connectivity index (χ0v) is 21.2. The highest BCUT2D eigenvalue weighted by Crippen LogP contribution is 2.40. The van der Waals surface area contributed by atoms with Crippen molar-refractivity contribution in [2.75, 3.05) is 25.5 Å². The number of carbonyl (C=O) groups is 1. The molecule has 0 saturated carbocycles. The molecule has 1 aromatic carbocycles. The first-order valence-corrected chi connectivity index (χ1v) is 12.2. The third-order valence-electron chi connectivity index (χ3n) is 6.31. The molecule has 3 heterocycles. The van der Waals surface area contributed by atoms with Gasteiger partial charge in [-0.2, -0.15) is 0 Å². The number of nitrogens with zero attached hydrogens (tertiary/aromatic N) is 3. The van der Waals surface area contributed by atoms with E-state index in [9.17, 15) is 4.79 Å². The van der Waals surface area contributed by atoms with Crippen LogP contribution in [0.4, 0.5) is 10.2 Å². The van der Waals surface area contributed by atoms with Gasteiger partial charge in [0.1, 0.15) is 28.5 Å². The summed E-state index contributed by atoms with van der Waals surface area (Å²) >= 11 is 6.32. The lowest BCUT2D eigenvalue weighted by atomic mass is 9.95. The summed E-state index contributed by atoms with van der Waals surface area (Å²) in [5.41, 5.74) is 7.85. The Labute approximate surface area is 209 Å². The first-order chi connectivity index (χ1) is 16.7. The predicted octanol–water partition coefficient (Wildman–Crippen LogP) is 4.51. The number of nitrogens with two attached hydrogens (primary N) is 1. The predicted molar refractivity (Wildman–Crippen MR) is 133 cm³/mol. The molecule has 1 saturated heterocycles. The molecule has 1 unspecified atom stereocenters. The van der Waals surface area contributed by atoms with Crippen molar-refractivity contribution in [1.29, 1.82) is 0 Å². The van der Waals surface area contributed by atoms with Crippen molar-refractivity contribution < 1.29 is 18.7 Å². The minimum atomic E-state index is -0.805. The molecule has 1 aliphatic heterocycles. The Hall–Kier alpha value is -2.91. The van der Waals surface area contributed by atoms with E-state index in [-0.39, 0.29) is 28.4 Å². The van der Waals surface area contributed by atoms with Crippen molar-refractivity contribution in [1.82, 2.24) is 19.7 Å². The Morgan fingerprint density at radius 1 is 1.37 bits per heavy atom. The molecule has 1 fully saturated rings. The molecule has 1 aliphatic rings. The summed E-state index contributed by atoms with van der Waals surface area (Å²) in [6, 6.07) is 1.51. The molecule has 2 aromatic heterocycles. The van der Waals surface area contributed by atoms with E-state index in [0.29, 0.717) is 48.2 Å². The molecular formula is C25H31ClFN5O3. The molecule has 35 heavy (non-hydrogen) atoms. The number of imidazole rings is 1. The fourth-order valence-electron chi connectivity index (χ4n) is 4.51. The molecule has 0 bridgehead atoms. The van der Waals surface area contributed by atoms with E-state index >= 15 is 4.39 Å². The van der Waals surface area contributed by atoms with E-state index in [1.54, 1.807) is 12.4 Å². The van der Waals surface area contributed by atoms with E-state index in [0.717, 1.165) is 12.8 Å². The smallest absolute Gasteiger partial charge is 0.258 e. The summed E-state index contributed by atoms with van der Waals surface area (Å²) in [5, 5.41) is 2.72. The minimum absolute atomic E-state index is 0.155. The van der Waals surface area contributed by atoms with Gasteiger partial charge in [-0.15, -0.1) is 0 Å². The number of hydrogen-bond donors (Lipinski definition) is 2. The Bertz CT molecular complexity index is 1240. The molecule has 8 nitrogen and oxygen atoms in total. The van der Waals surface area contributed by atoms with Crippen LogP contribution in [0.5, 0.6) is 5.75 Å². The van der Waals surface area contributed by atoms with Crippen LogP contribution in [0.15, 0.2) is 18.5 Å². The quantitative estimate of drug-likeness (QED) is 0.491. The molecule has 4 rings (SSSR count). The van der Waals surface area contributed by atoms with E-state index in [1.165, 1.54) is 6.07 Å². The second-order valence-corrected chi connectivity index (χ2v) is 9.61. The van der Waals surface area contributed by atoms with Crippen LogP contribution >= 0.6 is 11.6 Å². The fourth-order valence-corrected chi connectivity index (χ4v) is 4.72. The molecule has 188 valence electrons. The molecule has 3 N–H and O–H groups in total. The van der Waals surface area contributed by atoms with Gasteiger partial charge >= 0.3 is 0 Å². The standard InChI is InChI=1S/C25H31ClFN5O3/c1-13(2)35-22-17(14(3)24-31-15(4)21-23(28)29-7-8-32(21)24)11-18(26)20(27)19(22)25(33)30-12-16-5-9-34-10-6-16/h7-8,11,13-14,16H,5-6,9-10,12H2,1-4H3,(H2,28,29)(H,30,33). The van der Waals surface area contributed by atoms with Gasteiger partial charge in [-0.25, -0.2) is 14.4 Å². The highest BCUT2D eigenvalue weighted by Gasteiger charge is 2.30. The topological polar surface area (TPSA) is 104 Å². The Balaban J connectivity index is 1.78. The maximum Gasteiger partial charge on any atom is 0.258 e. The van der Waals surface area contributed by atoms with E-state index in [1.807, 2.05) is 32.1 Å². The van der Waals surface area contributed by atoms with Crippen molar-refractivity contribution in [3.63, 3.8) is 0 Å². The van der Waals surface area contributed by atoms with Gasteiger partial charge in [0.05, 0.1) is 16.8 Å². The second kappa shape index (κ2) is 10.4. The lowest BCUT2D eigenvalue weighted by Crippen LogP contribution is -2.33. The summed E-state index contributed by atoms with van der Waals surface area (Å²) in [5.74, 6) is -0.307. The monoisotopic (exact) mass is 503 g/mol. The fraction of sp³-hybridized carbons (Fsp3) is 0.480. The summed E-state index contributed by atoms with van der Waals surface area (Å²) in [4.78, 5) is 22.1. The van der Waals surface area contributed by atoms with Crippen molar-refractivity contribution >= 4 is 28.8 Å². The van der Waals surface area contributed by atoms with Gasteiger partial charge in [-0.3, -0.25) is 9.20 Å². The van der Waals surface area contributed by atoms with Crippen molar-refractivity contribution in [2.45, 2.75) is 52.6 Å². The van der Waals surface area contributed by atoms with Crippen LogP contribution in [0, 0.1) is 18.7 Å². The lowest BCUT2D eigenvalue weighted by Gasteiger charge is -2.24. The van der Waals surface area contributed by atoms with Crippen LogP contribution in [0.1, 0.15) is 67.0 Å². The molecule has 1 amide bonds. The van der Waals surface area contributed by atoms with Crippen molar-refractivity contribution in [2.24, 2.45) is 5.92 Å². The number of benzene rings is 1. The summed E-state index contributed by atoms with van der Waals surface area (Å²) in [7, 11) is 0. The van der Waals surface area contributed by atoms with Gasteiger partial charge in [0.15, 0.2) is 5.82 Å². The van der Waals surface area contributed by atoms with E-state index < -0.39 is 17.6 Å². The third-order valence-corrected chi connectivity index (χ3v) is 6.59. The van der Waals surface area contributed by atoms with Crippen LogP contribution in [0.2, 0.25) is 5.02 Å². The van der Waals surface area contributed by atoms with Crippen molar-refractivity contribution in [3.05, 3.63) is 51.9 Å². The molecular weight excluding hydrogens is 473 g/mol. The first-order valence-electron chi connectivity index (χ1n) is 11.8. The van der Waals surface area contributed by atoms with Gasteiger partial charge in [0, 0.05) is 43.6 Å². The number of aromatic nitrogens is 3. The van der Waals surface area contributed by atoms with E-state index in [4.69, 9.17) is 31.8 Å². The number of amides is 1. The highest BCUT2D eigenvalue weighted by molar-refractivity contribution is 6.31. The summed E-state index contributed by atoms with van der Waals surface area (Å²) in [6.07, 6.45) is 4.76. The SMILES string of the molecule is Cc1nc(C(C)c2cc(Cl)c(F)c(C(=O)NCC3CCOCC3)c2OC(C)C)n2ccnc(N)c12. The molecule has 0 spiro atoms. The number of rotatable bonds is 7. The van der Waals surface area contributed by atoms with Gasteiger partial charge in [-0.05, 0) is 45.6 Å². The lowest BCUT2D eigenvalue weighted by molar-refractivity contribution is 0.0641. The molecule has 0 radical (unpaired) electrons. The zero-order chi connectivity index (χ0) is 25.3. The maximum atomic E-state index is 15.3. The van der Waals surface area contributed by atoms with Gasteiger partial charge in [0.25, 0.3) is 5.91 Å². The Morgan fingerprint density at radius 2 is 2.09 bits per heavy atom. The number of carbonyl (C=O) groups excluding carboxylic acids is 1. The maximum absolute atomic E-state index is 15.3. The zero-order valence-electron chi connectivity index (χ0n) is 20.4. The number of fused-ring (bicyclic) bond motifs is 1. The number of nitrogens with one attached hydrogen (secondary N) is 1. The average molecular weight is 504 g/mol. The third kappa shape index (κ3) is 5.06. The van der Waals surface area contributed by atoms with Gasteiger partial charge < -0.3 is 20.5 Å². The number of anilines is 1. The number of nitrogen functional groups attached to an aromatic ring is 1. The van der Waals surface area contributed by atoms with Crippen LogP contribution in [0.25, 0.3) is 5.52 Å². The minimum Gasteiger partial charge on any atom is -0.490 e. The second-order valence-electron chi connectivity index (χ2n) is 9.21. The normalized spacial score (nSPS) is 15.5. The molecule has 10 heteroatoms. The first kappa shape index (κ1) is 25.2. The van der Waals surface area contributed by atoms with Crippen LogP contribution in [-0.2, 0) is 4.74 Å². The highest BCUT2D eigenvalue weighted by atomic mass is 35.5. The Kier molecular flexibility index (Phi) is 7.47. The van der Waals surface area contributed by atoms with Gasteiger partial charge in [0.2, 0.25) is 0 Å². The number of halogens is 2. The molecule has 3 aromatic rings. The number of hydrogen-bond acceptors (Lipinski definition) is 6. The molecule has 0 aliphatic carbocycles. The van der Waals surface area contributed by atoms with E-state index in [2.05, 4.69) is 10.3 Å². The molecule has 1 atom stereocenters. The largest absolute Gasteiger partial charge is 0.490 e. The van der Waals surface area contributed by atoms with Crippen molar-refractivity contribution in [3.8, 4) is 5.75 Å². The summed E-state index contributed by atoms with van der Waals surface area (Å²) < 4.78 is 28.6. The van der Waals surface area contributed by atoms with Crippen LogP contribution in [0.3, 0.4) is 0 Å². The number of aryl methyl sites for hydroxylation is 1. The average Bonchev–Trinajstić information content (AvgIpc) is 3.17. The van der Waals surface area contributed by atoms with Crippen LogP contribution < -0.4 is 15.8 Å². The van der Waals surface area contributed by atoms with Gasteiger partial charge in [-0.1, -0.05) is 18.5 Å². The summed E-state index contributed by atoms with van der Waals surface area (Å²) in [6.45, 7) is 9.16. The number of ether oxygens (including phenoxy) is 2. The Morgan fingerprint density at radius 3 is 2.77 bits per heavy atom.